The molecule has 1 aromatic rings. The first-order valence-corrected chi connectivity index (χ1v) is 7.12. The van der Waals surface area contributed by atoms with E-state index in [0.717, 1.165) is 25.7 Å². The molecule has 3 nitrogen and oxygen atoms in total. The minimum atomic E-state index is 0.191. The van der Waals surface area contributed by atoms with E-state index in [1.807, 2.05) is 12.1 Å². The number of aromatic hydroxyl groups is 1. The molecule has 1 saturated carbocycles. The van der Waals surface area contributed by atoms with Crippen molar-refractivity contribution in [1.29, 1.82) is 5.26 Å². The van der Waals surface area contributed by atoms with Crippen LogP contribution in [0, 0.1) is 17.2 Å². The van der Waals surface area contributed by atoms with Crippen LogP contribution in [0.2, 0.25) is 0 Å². The number of nitriles is 1. The van der Waals surface area contributed by atoms with Gasteiger partial charge in [-0.05, 0) is 50.3 Å². The molecule has 0 amide bonds. The van der Waals surface area contributed by atoms with Crippen molar-refractivity contribution in [2.45, 2.75) is 51.1 Å². The minimum Gasteiger partial charge on any atom is -0.508 e. The number of rotatable bonds is 5. The van der Waals surface area contributed by atoms with Gasteiger partial charge in [-0.1, -0.05) is 18.6 Å². The van der Waals surface area contributed by atoms with Crippen LogP contribution in [0.3, 0.4) is 0 Å². The first-order valence-electron chi connectivity index (χ1n) is 7.12. The van der Waals surface area contributed by atoms with Gasteiger partial charge in [0.05, 0.1) is 12.0 Å². The van der Waals surface area contributed by atoms with Crippen molar-refractivity contribution >= 4 is 0 Å². The molecule has 102 valence electrons. The zero-order valence-electron chi connectivity index (χ0n) is 11.5. The Kier molecular flexibility index (Phi) is 4.81. The molecule has 0 spiro atoms. The summed E-state index contributed by atoms with van der Waals surface area (Å²) < 4.78 is 0. The molecule has 1 aliphatic carbocycles. The molecule has 2 rings (SSSR count). The largest absolute Gasteiger partial charge is 0.508 e. The summed E-state index contributed by atoms with van der Waals surface area (Å²) in [5, 5.41) is 21.9. The fourth-order valence-corrected chi connectivity index (χ4v) is 2.81. The van der Waals surface area contributed by atoms with Crippen LogP contribution in [0.1, 0.15) is 38.2 Å². The highest BCUT2D eigenvalue weighted by Gasteiger charge is 2.27. The SMILES string of the molecule is CC(CCc1ccc(O)cc1)NC1CCCC1C#N. The Labute approximate surface area is 115 Å². The second-order valence-corrected chi connectivity index (χ2v) is 5.55. The van der Waals surface area contributed by atoms with Gasteiger partial charge in [0.2, 0.25) is 0 Å². The van der Waals surface area contributed by atoms with E-state index in [4.69, 9.17) is 5.26 Å². The molecule has 0 bridgehead atoms. The van der Waals surface area contributed by atoms with Gasteiger partial charge in [-0.15, -0.1) is 0 Å². The Morgan fingerprint density at radius 3 is 2.79 bits per heavy atom. The summed E-state index contributed by atoms with van der Waals surface area (Å²) >= 11 is 0. The van der Waals surface area contributed by atoms with Gasteiger partial charge in [-0.25, -0.2) is 0 Å². The predicted octanol–water partition coefficient (Wildman–Crippen LogP) is 3.00. The summed E-state index contributed by atoms with van der Waals surface area (Å²) in [5.74, 6) is 0.508. The van der Waals surface area contributed by atoms with Crippen molar-refractivity contribution in [3.8, 4) is 11.8 Å². The lowest BCUT2D eigenvalue weighted by atomic mass is 10.0. The molecular formula is C16H22N2O. The van der Waals surface area contributed by atoms with Crippen LogP contribution < -0.4 is 5.32 Å². The molecule has 19 heavy (non-hydrogen) atoms. The number of nitrogens with one attached hydrogen (secondary N) is 1. The highest BCUT2D eigenvalue weighted by atomic mass is 16.3. The number of nitrogens with zero attached hydrogens (tertiary/aromatic N) is 1. The maximum atomic E-state index is 9.24. The van der Waals surface area contributed by atoms with Crippen molar-refractivity contribution < 1.29 is 5.11 Å². The number of hydrogen-bond acceptors (Lipinski definition) is 3. The van der Waals surface area contributed by atoms with E-state index >= 15 is 0 Å². The van der Waals surface area contributed by atoms with Crippen LogP contribution in [0.15, 0.2) is 24.3 Å². The van der Waals surface area contributed by atoms with Gasteiger partial charge in [0.1, 0.15) is 5.75 Å². The number of phenols is 1. The third-order valence-electron chi connectivity index (χ3n) is 3.98. The molecular weight excluding hydrogens is 236 g/mol. The second kappa shape index (κ2) is 6.58. The maximum absolute atomic E-state index is 9.24. The number of aryl methyl sites for hydroxylation is 1. The van der Waals surface area contributed by atoms with Crippen molar-refractivity contribution in [2.75, 3.05) is 0 Å². The maximum Gasteiger partial charge on any atom is 0.115 e. The molecule has 2 N–H and O–H groups in total. The van der Waals surface area contributed by atoms with Crippen LogP contribution in [0.25, 0.3) is 0 Å². The van der Waals surface area contributed by atoms with E-state index in [-0.39, 0.29) is 5.92 Å². The van der Waals surface area contributed by atoms with Gasteiger partial charge in [0, 0.05) is 12.1 Å². The summed E-state index contributed by atoms with van der Waals surface area (Å²) in [5.41, 5.74) is 1.25. The van der Waals surface area contributed by atoms with Crippen LogP contribution >= 0.6 is 0 Å². The van der Waals surface area contributed by atoms with E-state index < -0.39 is 0 Å². The van der Waals surface area contributed by atoms with Gasteiger partial charge in [0.25, 0.3) is 0 Å². The highest BCUT2D eigenvalue weighted by molar-refractivity contribution is 5.25. The highest BCUT2D eigenvalue weighted by Crippen LogP contribution is 2.25. The molecule has 0 heterocycles. The Bertz CT molecular complexity index is 435. The fourth-order valence-electron chi connectivity index (χ4n) is 2.81. The van der Waals surface area contributed by atoms with Gasteiger partial charge in [-0.3, -0.25) is 0 Å². The first kappa shape index (κ1) is 13.9. The van der Waals surface area contributed by atoms with Crippen molar-refractivity contribution in [3.05, 3.63) is 29.8 Å². The molecule has 0 saturated heterocycles. The smallest absolute Gasteiger partial charge is 0.115 e. The van der Waals surface area contributed by atoms with Gasteiger partial charge < -0.3 is 10.4 Å². The van der Waals surface area contributed by atoms with Crippen molar-refractivity contribution in [2.24, 2.45) is 5.92 Å². The van der Waals surface area contributed by atoms with Crippen LogP contribution in [-0.4, -0.2) is 17.2 Å². The van der Waals surface area contributed by atoms with E-state index in [1.165, 1.54) is 12.0 Å². The molecule has 1 aliphatic rings. The minimum absolute atomic E-state index is 0.191. The van der Waals surface area contributed by atoms with Gasteiger partial charge in [-0.2, -0.15) is 5.26 Å². The molecule has 0 aromatic heterocycles. The zero-order valence-corrected chi connectivity index (χ0v) is 11.5. The Morgan fingerprint density at radius 2 is 2.11 bits per heavy atom. The molecule has 3 atom stereocenters. The standard InChI is InChI=1S/C16H22N2O/c1-12(18-16-4-2-3-14(16)11-17)5-6-13-7-9-15(19)10-8-13/h7-10,12,14,16,18-19H,2-6H2,1H3. The van der Waals surface area contributed by atoms with Gasteiger partial charge >= 0.3 is 0 Å². The summed E-state index contributed by atoms with van der Waals surface area (Å²) in [6.07, 6.45) is 5.39. The van der Waals surface area contributed by atoms with E-state index in [2.05, 4.69) is 18.3 Å². The van der Waals surface area contributed by atoms with Crippen molar-refractivity contribution in [3.63, 3.8) is 0 Å². The number of hydrogen-bond donors (Lipinski definition) is 2. The monoisotopic (exact) mass is 258 g/mol. The average Bonchev–Trinajstić information content (AvgIpc) is 2.85. The number of benzene rings is 1. The third kappa shape index (κ3) is 3.97. The van der Waals surface area contributed by atoms with Gasteiger partial charge in [0.15, 0.2) is 0 Å². The Balaban J connectivity index is 1.77. The molecule has 3 heteroatoms. The Morgan fingerprint density at radius 1 is 1.37 bits per heavy atom. The fraction of sp³-hybridized carbons (Fsp3) is 0.562. The molecule has 0 radical (unpaired) electrons. The summed E-state index contributed by atoms with van der Waals surface area (Å²) in [4.78, 5) is 0. The summed E-state index contributed by atoms with van der Waals surface area (Å²) in [7, 11) is 0. The lowest BCUT2D eigenvalue weighted by Gasteiger charge is -2.21. The van der Waals surface area contributed by atoms with Crippen LogP contribution in [-0.2, 0) is 6.42 Å². The quantitative estimate of drug-likeness (QED) is 0.853. The van der Waals surface area contributed by atoms with Crippen LogP contribution in [0.4, 0.5) is 0 Å². The first-order chi connectivity index (χ1) is 9.19. The number of phenolic OH excluding ortho intramolecular Hbond substituents is 1. The summed E-state index contributed by atoms with van der Waals surface area (Å²) in [6, 6.07) is 10.6. The molecule has 0 aliphatic heterocycles. The lowest BCUT2D eigenvalue weighted by molar-refractivity contribution is 0.396. The Hall–Kier alpha value is -1.53. The topological polar surface area (TPSA) is 56.0 Å². The van der Waals surface area contributed by atoms with E-state index in [1.54, 1.807) is 12.1 Å². The van der Waals surface area contributed by atoms with Crippen molar-refractivity contribution in [1.82, 2.24) is 5.32 Å². The predicted molar refractivity (Wildman–Crippen MR) is 75.8 cm³/mol. The van der Waals surface area contributed by atoms with E-state index in [0.29, 0.717) is 17.8 Å². The molecule has 1 fully saturated rings. The average molecular weight is 258 g/mol. The molecule has 3 unspecified atom stereocenters. The normalized spacial score (nSPS) is 24.0. The second-order valence-electron chi connectivity index (χ2n) is 5.55. The van der Waals surface area contributed by atoms with Crippen LogP contribution in [0.5, 0.6) is 5.75 Å². The lowest BCUT2D eigenvalue weighted by Crippen LogP contribution is -2.38. The summed E-state index contributed by atoms with van der Waals surface area (Å²) in [6.45, 7) is 2.19. The third-order valence-corrected chi connectivity index (χ3v) is 3.98. The molecule has 1 aromatic carbocycles. The van der Waals surface area contributed by atoms with E-state index in [9.17, 15) is 5.11 Å². The zero-order chi connectivity index (χ0) is 13.7.